The molecule has 1 fully saturated rings. The number of nitrogens with zero attached hydrogens (tertiary/aromatic N) is 1. The Kier molecular flexibility index (Phi) is 3.69. The molecule has 1 aromatic heterocycles. The fourth-order valence-corrected chi connectivity index (χ4v) is 2.42. The molecular weight excluding hydrogens is 250 g/mol. The Balaban J connectivity index is 2.04. The van der Waals surface area contributed by atoms with Gasteiger partial charge in [-0.2, -0.15) is 0 Å². The van der Waals surface area contributed by atoms with Gasteiger partial charge in [-0.25, -0.2) is 0 Å². The van der Waals surface area contributed by atoms with Crippen LogP contribution in [0.5, 0.6) is 0 Å². The summed E-state index contributed by atoms with van der Waals surface area (Å²) in [4.78, 5) is 12.1. The van der Waals surface area contributed by atoms with Gasteiger partial charge in [0.15, 0.2) is 0 Å². The van der Waals surface area contributed by atoms with E-state index in [1.54, 1.807) is 12.3 Å². The first-order valence-electron chi connectivity index (χ1n) is 6.36. The molecule has 0 atom stereocenters. The van der Waals surface area contributed by atoms with E-state index in [1.165, 1.54) is 0 Å². The van der Waals surface area contributed by atoms with E-state index in [1.807, 2.05) is 18.4 Å². The summed E-state index contributed by atoms with van der Waals surface area (Å²) in [5, 5.41) is 3.49. The lowest BCUT2D eigenvalue weighted by atomic mass is 9.78. The van der Waals surface area contributed by atoms with Crippen molar-refractivity contribution in [1.29, 1.82) is 0 Å². The molecule has 4 nitrogen and oxygen atoms in total. The van der Waals surface area contributed by atoms with E-state index in [9.17, 15) is 4.79 Å². The van der Waals surface area contributed by atoms with Crippen LogP contribution in [0.1, 0.15) is 49.6 Å². The molecular formula is C13H20ClN3O. The summed E-state index contributed by atoms with van der Waals surface area (Å²) in [7, 11) is 0. The van der Waals surface area contributed by atoms with Crippen LogP contribution in [0.3, 0.4) is 0 Å². The Morgan fingerprint density at radius 2 is 2.28 bits per heavy atom. The molecule has 0 unspecified atom stereocenters. The van der Waals surface area contributed by atoms with Crippen LogP contribution in [0.25, 0.3) is 0 Å². The normalized spacial score (nSPS) is 17.6. The summed E-state index contributed by atoms with van der Waals surface area (Å²) >= 11 is 5.96. The molecule has 0 aliphatic heterocycles. The molecule has 0 aromatic carbocycles. The van der Waals surface area contributed by atoms with Gasteiger partial charge in [0.1, 0.15) is 5.69 Å². The SMILES string of the molecule is CC(C)n1cc(Cl)cc1C(=O)NCC1(N)CCC1. The standard InChI is InChI=1S/C13H20ClN3O/c1-9(2)17-7-10(14)6-11(17)12(18)16-8-13(15)4-3-5-13/h6-7,9H,3-5,8,15H2,1-2H3,(H,16,18). The molecule has 0 spiro atoms. The number of hydrogen-bond donors (Lipinski definition) is 2. The first kappa shape index (κ1) is 13.4. The van der Waals surface area contributed by atoms with Crippen LogP contribution < -0.4 is 11.1 Å². The van der Waals surface area contributed by atoms with E-state index in [2.05, 4.69) is 5.32 Å². The number of carbonyl (C=O) groups is 1. The fraction of sp³-hybridized carbons (Fsp3) is 0.615. The maximum absolute atomic E-state index is 12.1. The zero-order valence-corrected chi connectivity index (χ0v) is 11.6. The van der Waals surface area contributed by atoms with Gasteiger partial charge in [0, 0.05) is 24.3 Å². The van der Waals surface area contributed by atoms with Crippen molar-refractivity contribution in [3.8, 4) is 0 Å². The first-order chi connectivity index (χ1) is 8.41. The van der Waals surface area contributed by atoms with Crippen molar-refractivity contribution in [3.05, 3.63) is 23.0 Å². The Morgan fingerprint density at radius 1 is 1.61 bits per heavy atom. The van der Waals surface area contributed by atoms with Gasteiger partial charge in [-0.15, -0.1) is 0 Å². The smallest absolute Gasteiger partial charge is 0.268 e. The number of carbonyl (C=O) groups excluding carboxylic acids is 1. The van der Waals surface area contributed by atoms with Crippen molar-refractivity contribution in [2.45, 2.75) is 44.7 Å². The highest BCUT2D eigenvalue weighted by molar-refractivity contribution is 6.31. The van der Waals surface area contributed by atoms with Gasteiger partial charge in [-0.1, -0.05) is 11.6 Å². The third kappa shape index (κ3) is 2.70. The maximum Gasteiger partial charge on any atom is 0.268 e. The molecule has 18 heavy (non-hydrogen) atoms. The first-order valence-corrected chi connectivity index (χ1v) is 6.73. The van der Waals surface area contributed by atoms with Crippen molar-refractivity contribution in [2.75, 3.05) is 6.54 Å². The molecule has 1 aromatic rings. The number of nitrogens with one attached hydrogen (secondary N) is 1. The van der Waals surface area contributed by atoms with Crippen LogP contribution in [-0.4, -0.2) is 22.6 Å². The fourth-order valence-electron chi connectivity index (χ4n) is 2.21. The van der Waals surface area contributed by atoms with Crippen LogP contribution in [0.2, 0.25) is 5.02 Å². The van der Waals surface area contributed by atoms with E-state index < -0.39 is 0 Å². The van der Waals surface area contributed by atoms with Crippen LogP contribution in [-0.2, 0) is 0 Å². The maximum atomic E-state index is 12.1. The quantitative estimate of drug-likeness (QED) is 0.881. The second-order valence-corrected chi connectivity index (χ2v) is 5.88. The minimum absolute atomic E-state index is 0.104. The number of halogens is 1. The number of rotatable bonds is 4. The van der Waals surface area contributed by atoms with E-state index >= 15 is 0 Å². The third-order valence-corrected chi connectivity index (χ3v) is 3.76. The summed E-state index contributed by atoms with van der Waals surface area (Å²) in [6.07, 6.45) is 4.90. The van der Waals surface area contributed by atoms with E-state index in [4.69, 9.17) is 17.3 Å². The Hall–Kier alpha value is -1.00. The van der Waals surface area contributed by atoms with Gasteiger partial charge in [0.05, 0.1) is 5.02 Å². The van der Waals surface area contributed by atoms with Crippen molar-refractivity contribution in [1.82, 2.24) is 9.88 Å². The van der Waals surface area contributed by atoms with Gasteiger partial charge >= 0.3 is 0 Å². The van der Waals surface area contributed by atoms with E-state index in [0.717, 1.165) is 19.3 Å². The molecule has 1 aliphatic carbocycles. The van der Waals surface area contributed by atoms with Gasteiger partial charge in [-0.05, 0) is 39.2 Å². The zero-order valence-electron chi connectivity index (χ0n) is 10.9. The summed E-state index contributed by atoms with van der Waals surface area (Å²) < 4.78 is 1.88. The van der Waals surface area contributed by atoms with Gasteiger partial charge in [-0.3, -0.25) is 4.79 Å². The van der Waals surface area contributed by atoms with E-state index in [0.29, 0.717) is 17.3 Å². The lowest BCUT2D eigenvalue weighted by molar-refractivity contribution is 0.0919. The van der Waals surface area contributed by atoms with Crippen LogP contribution in [0, 0.1) is 0 Å². The Morgan fingerprint density at radius 3 is 2.78 bits per heavy atom. The van der Waals surface area contributed by atoms with Gasteiger partial charge < -0.3 is 15.6 Å². The molecule has 0 bridgehead atoms. The number of aromatic nitrogens is 1. The molecule has 0 radical (unpaired) electrons. The molecule has 1 saturated carbocycles. The highest BCUT2D eigenvalue weighted by Gasteiger charge is 2.33. The molecule has 3 N–H and O–H groups in total. The average molecular weight is 270 g/mol. The van der Waals surface area contributed by atoms with Crippen molar-refractivity contribution in [2.24, 2.45) is 5.73 Å². The topological polar surface area (TPSA) is 60.0 Å². The molecule has 1 amide bonds. The molecule has 1 heterocycles. The highest BCUT2D eigenvalue weighted by atomic mass is 35.5. The summed E-state index contributed by atoms with van der Waals surface area (Å²) in [5.74, 6) is -0.104. The average Bonchev–Trinajstić information content (AvgIpc) is 2.66. The zero-order chi connectivity index (χ0) is 13.3. The Bertz CT molecular complexity index is 449. The van der Waals surface area contributed by atoms with Crippen LogP contribution in [0.15, 0.2) is 12.3 Å². The van der Waals surface area contributed by atoms with Gasteiger partial charge in [0.2, 0.25) is 0 Å². The van der Waals surface area contributed by atoms with Crippen molar-refractivity contribution >= 4 is 17.5 Å². The minimum atomic E-state index is -0.200. The van der Waals surface area contributed by atoms with Gasteiger partial charge in [0.25, 0.3) is 5.91 Å². The van der Waals surface area contributed by atoms with Crippen LogP contribution >= 0.6 is 11.6 Å². The molecule has 0 saturated heterocycles. The summed E-state index contributed by atoms with van der Waals surface area (Å²) in [6.45, 7) is 4.57. The van der Waals surface area contributed by atoms with Crippen molar-refractivity contribution in [3.63, 3.8) is 0 Å². The predicted molar refractivity (Wildman–Crippen MR) is 72.9 cm³/mol. The minimum Gasteiger partial charge on any atom is -0.349 e. The third-order valence-electron chi connectivity index (χ3n) is 3.55. The molecule has 5 heteroatoms. The summed E-state index contributed by atoms with van der Waals surface area (Å²) in [5.41, 5.74) is 6.48. The lowest BCUT2D eigenvalue weighted by Gasteiger charge is -2.38. The highest BCUT2D eigenvalue weighted by Crippen LogP contribution is 2.28. The number of amides is 1. The van der Waals surface area contributed by atoms with E-state index in [-0.39, 0.29) is 17.5 Å². The Labute approximate surface area is 112 Å². The van der Waals surface area contributed by atoms with Crippen LogP contribution in [0.4, 0.5) is 0 Å². The van der Waals surface area contributed by atoms with Crippen molar-refractivity contribution < 1.29 is 4.79 Å². The molecule has 2 rings (SSSR count). The summed E-state index contributed by atoms with van der Waals surface area (Å²) in [6, 6.07) is 1.90. The largest absolute Gasteiger partial charge is 0.349 e. The molecule has 100 valence electrons. The monoisotopic (exact) mass is 269 g/mol. The second kappa shape index (κ2) is 4.94. The lowest BCUT2D eigenvalue weighted by Crippen LogP contribution is -2.55. The number of hydrogen-bond acceptors (Lipinski definition) is 2. The number of nitrogens with two attached hydrogens (primary N) is 1. The predicted octanol–water partition coefficient (Wildman–Crippen LogP) is 2.33. The second-order valence-electron chi connectivity index (χ2n) is 5.44. The molecule has 1 aliphatic rings.